The minimum atomic E-state index is -0.184. The minimum Gasteiger partial charge on any atom is -0.354 e. The maximum atomic E-state index is 11.6. The molecule has 0 aliphatic heterocycles. The van der Waals surface area contributed by atoms with E-state index in [1.165, 1.54) is 6.20 Å². The highest BCUT2D eigenvalue weighted by Gasteiger charge is 2.18. The lowest BCUT2D eigenvalue weighted by Gasteiger charge is -2.17. The van der Waals surface area contributed by atoms with E-state index < -0.39 is 0 Å². The van der Waals surface area contributed by atoms with Crippen molar-refractivity contribution >= 4 is 11.6 Å². The summed E-state index contributed by atoms with van der Waals surface area (Å²) in [6.07, 6.45) is 1.54. The van der Waals surface area contributed by atoms with Gasteiger partial charge in [-0.2, -0.15) is 5.10 Å². The lowest BCUT2D eigenvalue weighted by atomic mass is 9.92. The first-order chi connectivity index (χ1) is 7.93. The number of carbonyl (C=O) groups excluding carboxylic acids is 1. The largest absolute Gasteiger partial charge is 0.354 e. The van der Waals surface area contributed by atoms with Crippen LogP contribution in [0.1, 0.15) is 37.0 Å². The molecule has 5 heteroatoms. The first kappa shape index (κ1) is 11.6. The number of amides is 1. The number of aromatic nitrogens is 3. The van der Waals surface area contributed by atoms with Gasteiger partial charge < -0.3 is 5.32 Å². The second-order valence-electron chi connectivity index (χ2n) is 4.96. The number of carbonyl (C=O) groups is 1. The predicted molar refractivity (Wildman–Crippen MR) is 65.1 cm³/mol. The molecule has 2 rings (SSSR count). The number of rotatable bonds is 1. The second kappa shape index (κ2) is 3.84. The molecule has 2 aromatic heterocycles. The van der Waals surface area contributed by atoms with Crippen LogP contribution in [-0.2, 0) is 5.41 Å². The number of nitrogens with zero attached hydrogens (tertiary/aromatic N) is 3. The fraction of sp³-hybridized carbons (Fsp3) is 0.417. The van der Waals surface area contributed by atoms with Gasteiger partial charge in [0.25, 0.3) is 5.91 Å². The summed E-state index contributed by atoms with van der Waals surface area (Å²) >= 11 is 0. The first-order valence-corrected chi connectivity index (χ1v) is 5.51. The third kappa shape index (κ3) is 2.00. The molecule has 0 bridgehead atoms. The number of imidazole rings is 1. The van der Waals surface area contributed by atoms with E-state index in [-0.39, 0.29) is 11.3 Å². The Labute approximate surface area is 99.9 Å². The normalized spacial score (nSPS) is 11.8. The topological polar surface area (TPSA) is 59.3 Å². The van der Waals surface area contributed by atoms with Crippen LogP contribution in [-0.4, -0.2) is 27.6 Å². The second-order valence-corrected chi connectivity index (χ2v) is 4.96. The zero-order valence-electron chi connectivity index (χ0n) is 10.5. The SMILES string of the molecule is CNC(=O)c1cnc2ccc(C(C)(C)C)nn12. The molecular formula is C12H16N4O. The zero-order chi connectivity index (χ0) is 12.6. The van der Waals surface area contributed by atoms with E-state index in [0.29, 0.717) is 11.3 Å². The number of fused-ring (bicyclic) bond motifs is 1. The monoisotopic (exact) mass is 232 g/mol. The van der Waals surface area contributed by atoms with Crippen LogP contribution in [0.2, 0.25) is 0 Å². The van der Waals surface area contributed by atoms with Crippen LogP contribution >= 0.6 is 0 Å². The molecule has 5 nitrogen and oxygen atoms in total. The van der Waals surface area contributed by atoms with Gasteiger partial charge in [-0.15, -0.1) is 0 Å². The molecule has 1 N–H and O–H groups in total. The van der Waals surface area contributed by atoms with Crippen LogP contribution in [0.4, 0.5) is 0 Å². The highest BCUT2D eigenvalue weighted by atomic mass is 16.1. The summed E-state index contributed by atoms with van der Waals surface area (Å²) in [4.78, 5) is 15.8. The van der Waals surface area contributed by atoms with Crippen LogP contribution < -0.4 is 5.32 Å². The molecule has 1 amide bonds. The van der Waals surface area contributed by atoms with Crippen molar-refractivity contribution in [1.29, 1.82) is 0 Å². The van der Waals surface area contributed by atoms with Crippen LogP contribution in [0.15, 0.2) is 18.3 Å². The van der Waals surface area contributed by atoms with Crippen molar-refractivity contribution in [3.8, 4) is 0 Å². The van der Waals surface area contributed by atoms with Gasteiger partial charge in [-0.3, -0.25) is 4.79 Å². The van der Waals surface area contributed by atoms with Crippen LogP contribution in [0, 0.1) is 0 Å². The molecular weight excluding hydrogens is 216 g/mol. The number of nitrogens with one attached hydrogen (secondary N) is 1. The van der Waals surface area contributed by atoms with Gasteiger partial charge in [0.2, 0.25) is 0 Å². The van der Waals surface area contributed by atoms with Crippen molar-refractivity contribution in [2.75, 3.05) is 7.05 Å². The van der Waals surface area contributed by atoms with Crippen LogP contribution in [0.25, 0.3) is 5.65 Å². The average molecular weight is 232 g/mol. The van der Waals surface area contributed by atoms with Gasteiger partial charge in [0.1, 0.15) is 5.69 Å². The fourth-order valence-corrected chi connectivity index (χ4v) is 1.56. The van der Waals surface area contributed by atoms with Crippen LogP contribution in [0.3, 0.4) is 0 Å². The summed E-state index contributed by atoms with van der Waals surface area (Å²) in [5, 5.41) is 7.05. The Morgan fingerprint density at radius 2 is 2.06 bits per heavy atom. The third-order valence-electron chi connectivity index (χ3n) is 2.59. The Kier molecular flexibility index (Phi) is 2.61. The molecule has 0 saturated heterocycles. The van der Waals surface area contributed by atoms with Gasteiger partial charge in [-0.1, -0.05) is 20.8 Å². The molecule has 0 saturated carbocycles. The van der Waals surface area contributed by atoms with Gasteiger partial charge in [-0.05, 0) is 12.1 Å². The molecule has 0 aromatic carbocycles. The standard InChI is InChI=1S/C12H16N4O/c1-12(2,3)9-5-6-10-14-7-8(11(17)13-4)16(10)15-9/h5-7H,1-4H3,(H,13,17). The van der Waals surface area contributed by atoms with Gasteiger partial charge in [-0.25, -0.2) is 9.50 Å². The van der Waals surface area contributed by atoms with E-state index in [4.69, 9.17) is 0 Å². The highest BCUT2D eigenvalue weighted by molar-refractivity contribution is 5.92. The molecule has 2 aromatic rings. The Balaban J connectivity index is 2.62. The third-order valence-corrected chi connectivity index (χ3v) is 2.59. The van der Waals surface area contributed by atoms with Crippen molar-refractivity contribution in [1.82, 2.24) is 19.9 Å². The molecule has 17 heavy (non-hydrogen) atoms. The summed E-state index contributed by atoms with van der Waals surface area (Å²) in [5.74, 6) is -0.184. The summed E-state index contributed by atoms with van der Waals surface area (Å²) in [5.41, 5.74) is 2.00. The quantitative estimate of drug-likeness (QED) is 0.808. The number of hydrogen-bond acceptors (Lipinski definition) is 3. The molecule has 0 aliphatic rings. The van der Waals surface area contributed by atoms with E-state index in [1.807, 2.05) is 12.1 Å². The van der Waals surface area contributed by atoms with Crippen molar-refractivity contribution in [3.05, 3.63) is 29.7 Å². The van der Waals surface area contributed by atoms with E-state index in [9.17, 15) is 4.79 Å². The van der Waals surface area contributed by atoms with E-state index >= 15 is 0 Å². The zero-order valence-corrected chi connectivity index (χ0v) is 10.5. The summed E-state index contributed by atoms with van der Waals surface area (Å²) < 4.78 is 1.58. The lowest BCUT2D eigenvalue weighted by Crippen LogP contribution is -2.22. The van der Waals surface area contributed by atoms with E-state index in [0.717, 1.165) is 5.69 Å². The molecule has 90 valence electrons. The van der Waals surface area contributed by atoms with Gasteiger partial charge in [0.15, 0.2) is 5.65 Å². The molecule has 0 fully saturated rings. The number of hydrogen-bond donors (Lipinski definition) is 1. The van der Waals surface area contributed by atoms with Crippen molar-refractivity contribution < 1.29 is 4.79 Å². The first-order valence-electron chi connectivity index (χ1n) is 5.51. The molecule has 0 radical (unpaired) electrons. The van der Waals surface area contributed by atoms with Gasteiger partial charge in [0, 0.05) is 12.5 Å². The molecule has 2 heterocycles. The average Bonchev–Trinajstić information content (AvgIpc) is 2.69. The summed E-state index contributed by atoms with van der Waals surface area (Å²) in [7, 11) is 1.59. The highest BCUT2D eigenvalue weighted by Crippen LogP contribution is 2.20. The van der Waals surface area contributed by atoms with Crippen molar-refractivity contribution in [3.63, 3.8) is 0 Å². The van der Waals surface area contributed by atoms with E-state index in [1.54, 1.807) is 11.6 Å². The molecule has 0 spiro atoms. The summed E-state index contributed by atoms with van der Waals surface area (Å²) in [6, 6.07) is 3.82. The molecule has 0 aliphatic carbocycles. The Bertz CT molecular complexity index is 565. The Hall–Kier alpha value is -1.91. The fourth-order valence-electron chi connectivity index (χ4n) is 1.56. The Morgan fingerprint density at radius 3 is 2.65 bits per heavy atom. The van der Waals surface area contributed by atoms with Crippen molar-refractivity contribution in [2.45, 2.75) is 26.2 Å². The lowest BCUT2D eigenvalue weighted by molar-refractivity contribution is 0.0956. The maximum absolute atomic E-state index is 11.6. The molecule has 0 unspecified atom stereocenters. The maximum Gasteiger partial charge on any atom is 0.271 e. The molecule has 0 atom stereocenters. The smallest absolute Gasteiger partial charge is 0.271 e. The van der Waals surface area contributed by atoms with Crippen LogP contribution in [0.5, 0.6) is 0 Å². The van der Waals surface area contributed by atoms with E-state index in [2.05, 4.69) is 36.2 Å². The van der Waals surface area contributed by atoms with Gasteiger partial charge in [0.05, 0.1) is 11.9 Å². The Morgan fingerprint density at radius 1 is 1.35 bits per heavy atom. The van der Waals surface area contributed by atoms with Gasteiger partial charge >= 0.3 is 0 Å². The summed E-state index contributed by atoms with van der Waals surface area (Å²) in [6.45, 7) is 6.24. The minimum absolute atomic E-state index is 0.0571. The predicted octanol–water partition coefficient (Wildman–Crippen LogP) is 1.39. The van der Waals surface area contributed by atoms with Crippen molar-refractivity contribution in [2.24, 2.45) is 0 Å².